The first-order valence-corrected chi connectivity index (χ1v) is 2.68. The zero-order valence-corrected chi connectivity index (χ0v) is 6.26. The van der Waals surface area contributed by atoms with Crippen LogP contribution < -0.4 is 0 Å². The van der Waals surface area contributed by atoms with Crippen LogP contribution in [-0.2, 0) is 14.2 Å². The molecule has 0 aromatic carbocycles. The van der Waals surface area contributed by atoms with Crippen LogP contribution in [0.1, 0.15) is 0 Å². The van der Waals surface area contributed by atoms with Gasteiger partial charge in [0.1, 0.15) is 0 Å². The number of rotatable bonds is 4. The summed E-state index contributed by atoms with van der Waals surface area (Å²) >= 11 is 0. The fourth-order valence-corrected chi connectivity index (χ4v) is 0.531. The van der Waals surface area contributed by atoms with Crippen molar-refractivity contribution in [1.29, 1.82) is 0 Å². The number of ether oxygens (including phenoxy) is 3. The molecule has 0 unspecified atom stereocenters. The third-order valence-electron chi connectivity index (χ3n) is 1.12. The van der Waals surface area contributed by atoms with Crippen LogP contribution in [0.3, 0.4) is 0 Å². The molecule has 0 bridgehead atoms. The van der Waals surface area contributed by atoms with Gasteiger partial charge in [-0.1, -0.05) is 0 Å². The molecule has 0 aromatic heterocycles. The fraction of sp³-hybridized carbons (Fsp3) is 0.667. The van der Waals surface area contributed by atoms with Crippen molar-refractivity contribution in [3.05, 3.63) is 12.4 Å². The van der Waals surface area contributed by atoms with Crippen LogP contribution >= 0.6 is 0 Å². The van der Waals surface area contributed by atoms with Crippen LogP contribution in [0, 0.1) is 0 Å². The molecule has 0 aliphatic carbocycles. The Morgan fingerprint density at radius 2 is 1.50 bits per heavy atom. The van der Waals surface area contributed by atoms with Crippen LogP contribution in [0.15, 0.2) is 12.4 Å². The first kappa shape index (κ1) is 9.55. The maximum Gasteiger partial charge on any atom is 0.306 e. The van der Waals surface area contributed by atoms with E-state index in [9.17, 15) is 4.39 Å². The number of hydrogen-bond donors (Lipinski definition) is 0. The van der Waals surface area contributed by atoms with E-state index in [0.717, 1.165) is 6.08 Å². The van der Waals surface area contributed by atoms with Crippen molar-refractivity contribution in [2.45, 2.75) is 5.97 Å². The number of hydrogen-bond acceptors (Lipinski definition) is 3. The lowest BCUT2D eigenvalue weighted by atomic mass is 10.5. The van der Waals surface area contributed by atoms with Crippen LogP contribution in [-0.4, -0.2) is 27.3 Å². The molecule has 0 aliphatic rings. The smallest absolute Gasteiger partial charge is 0.306 e. The second kappa shape index (κ2) is 4.38. The quantitative estimate of drug-likeness (QED) is 0.561. The van der Waals surface area contributed by atoms with E-state index in [2.05, 4.69) is 0 Å². The molecule has 0 aromatic rings. The minimum absolute atomic E-state index is 0.302. The van der Waals surface area contributed by atoms with Gasteiger partial charge in [0.05, 0.1) is 6.33 Å². The molecular formula is C6H11FO3. The standard InChI is InChI=1S/C6H11FO3/c1-8-6(9-2,10-3)4-5-7/h4-5H,1-3H3/b5-4+. The van der Waals surface area contributed by atoms with Gasteiger partial charge in [0.15, 0.2) is 0 Å². The van der Waals surface area contributed by atoms with Gasteiger partial charge in [-0.2, -0.15) is 0 Å². The Morgan fingerprint density at radius 1 is 1.10 bits per heavy atom. The number of halogens is 1. The van der Waals surface area contributed by atoms with Crippen molar-refractivity contribution < 1.29 is 18.6 Å². The van der Waals surface area contributed by atoms with Crippen molar-refractivity contribution in [2.75, 3.05) is 21.3 Å². The minimum atomic E-state index is -1.38. The summed E-state index contributed by atoms with van der Waals surface area (Å²) in [6.07, 6.45) is 1.32. The van der Waals surface area contributed by atoms with Gasteiger partial charge in [0, 0.05) is 27.4 Å². The minimum Gasteiger partial charge on any atom is -0.327 e. The first-order chi connectivity index (χ1) is 4.74. The summed E-state index contributed by atoms with van der Waals surface area (Å²) in [5.74, 6) is -1.38. The van der Waals surface area contributed by atoms with Crippen molar-refractivity contribution in [3.63, 3.8) is 0 Å². The maximum atomic E-state index is 11.6. The zero-order valence-electron chi connectivity index (χ0n) is 6.26. The average Bonchev–Trinajstić information content (AvgIpc) is 2.01. The van der Waals surface area contributed by atoms with Gasteiger partial charge < -0.3 is 14.2 Å². The summed E-state index contributed by atoms with van der Waals surface area (Å²) in [6.45, 7) is 0. The Bertz CT molecular complexity index is 101. The molecule has 3 nitrogen and oxygen atoms in total. The van der Waals surface area contributed by atoms with Gasteiger partial charge in [-0.3, -0.25) is 0 Å². The highest BCUT2D eigenvalue weighted by Gasteiger charge is 2.25. The zero-order chi connectivity index (χ0) is 8.04. The monoisotopic (exact) mass is 150 g/mol. The molecule has 0 radical (unpaired) electrons. The summed E-state index contributed by atoms with van der Waals surface area (Å²) < 4.78 is 25.7. The third-order valence-corrected chi connectivity index (χ3v) is 1.12. The SMILES string of the molecule is COC(/C=C/F)(OC)OC. The lowest BCUT2D eigenvalue weighted by molar-refractivity contribution is -0.319. The molecule has 10 heavy (non-hydrogen) atoms. The van der Waals surface area contributed by atoms with Crippen molar-refractivity contribution in [1.82, 2.24) is 0 Å². The van der Waals surface area contributed by atoms with E-state index in [0.29, 0.717) is 6.33 Å². The molecule has 4 heteroatoms. The summed E-state index contributed by atoms with van der Waals surface area (Å²) in [4.78, 5) is 0. The fourth-order valence-electron chi connectivity index (χ4n) is 0.531. The molecule has 0 rings (SSSR count). The van der Waals surface area contributed by atoms with Crippen LogP contribution in [0.4, 0.5) is 4.39 Å². The van der Waals surface area contributed by atoms with Crippen LogP contribution in [0.2, 0.25) is 0 Å². The molecular weight excluding hydrogens is 139 g/mol. The molecule has 0 spiro atoms. The topological polar surface area (TPSA) is 27.7 Å². The first-order valence-electron chi connectivity index (χ1n) is 2.68. The van der Waals surface area contributed by atoms with E-state index in [1.54, 1.807) is 0 Å². The molecule has 0 aliphatic heterocycles. The van der Waals surface area contributed by atoms with Crippen molar-refractivity contribution >= 4 is 0 Å². The second-order valence-corrected chi connectivity index (χ2v) is 1.51. The molecule has 0 saturated heterocycles. The Kier molecular flexibility index (Phi) is 4.18. The second-order valence-electron chi connectivity index (χ2n) is 1.51. The predicted octanol–water partition coefficient (Wildman–Crippen LogP) is 1.06. The van der Waals surface area contributed by atoms with Crippen LogP contribution in [0.5, 0.6) is 0 Å². The summed E-state index contributed by atoms with van der Waals surface area (Å²) in [5, 5.41) is 0. The normalized spacial score (nSPS) is 12.8. The van der Waals surface area contributed by atoms with Gasteiger partial charge in [-0.25, -0.2) is 4.39 Å². The molecule has 0 fully saturated rings. The van der Waals surface area contributed by atoms with E-state index >= 15 is 0 Å². The lowest BCUT2D eigenvalue weighted by Crippen LogP contribution is -2.33. The largest absolute Gasteiger partial charge is 0.327 e. The van der Waals surface area contributed by atoms with Gasteiger partial charge in [-0.15, -0.1) is 0 Å². The Hall–Kier alpha value is -0.450. The molecule has 0 atom stereocenters. The molecule has 60 valence electrons. The van der Waals surface area contributed by atoms with Gasteiger partial charge in [-0.05, 0) is 0 Å². The number of methoxy groups -OCH3 is 3. The summed E-state index contributed by atoms with van der Waals surface area (Å²) in [5.41, 5.74) is 0. The lowest BCUT2D eigenvalue weighted by Gasteiger charge is -2.23. The van der Waals surface area contributed by atoms with E-state index in [-0.39, 0.29) is 0 Å². The summed E-state index contributed by atoms with van der Waals surface area (Å²) in [6, 6.07) is 0. The van der Waals surface area contributed by atoms with Crippen molar-refractivity contribution in [3.8, 4) is 0 Å². The molecule has 0 amide bonds. The molecule has 0 saturated carbocycles. The Balaban J connectivity index is 4.15. The van der Waals surface area contributed by atoms with E-state index < -0.39 is 5.97 Å². The molecule has 0 N–H and O–H groups in total. The van der Waals surface area contributed by atoms with E-state index in [4.69, 9.17) is 14.2 Å². The third kappa shape index (κ3) is 2.06. The highest BCUT2D eigenvalue weighted by Crippen LogP contribution is 2.13. The van der Waals surface area contributed by atoms with Crippen LogP contribution in [0.25, 0.3) is 0 Å². The average molecular weight is 150 g/mol. The summed E-state index contributed by atoms with van der Waals surface area (Å²) in [7, 11) is 4.06. The maximum absolute atomic E-state index is 11.6. The predicted molar refractivity (Wildman–Crippen MR) is 34.0 cm³/mol. The van der Waals surface area contributed by atoms with Gasteiger partial charge in [0.25, 0.3) is 0 Å². The van der Waals surface area contributed by atoms with E-state index in [1.807, 2.05) is 0 Å². The Labute approximate surface area is 59.4 Å². The van der Waals surface area contributed by atoms with E-state index in [1.165, 1.54) is 21.3 Å². The highest BCUT2D eigenvalue weighted by molar-refractivity contribution is 4.84. The van der Waals surface area contributed by atoms with Gasteiger partial charge in [0.2, 0.25) is 0 Å². The Morgan fingerprint density at radius 3 is 1.60 bits per heavy atom. The van der Waals surface area contributed by atoms with Crippen molar-refractivity contribution in [2.24, 2.45) is 0 Å². The van der Waals surface area contributed by atoms with Gasteiger partial charge >= 0.3 is 5.97 Å². The highest BCUT2D eigenvalue weighted by atomic mass is 19.1. The molecule has 0 heterocycles.